The molecule has 0 bridgehead atoms. The van der Waals surface area contributed by atoms with Crippen LogP contribution in [0.5, 0.6) is 5.75 Å². The fourth-order valence-corrected chi connectivity index (χ4v) is 3.29. The van der Waals surface area contributed by atoms with E-state index in [0.29, 0.717) is 11.4 Å². The number of carbonyl (C=O) groups excluding carboxylic acids is 2. The highest BCUT2D eigenvalue weighted by Crippen LogP contribution is 2.17. The van der Waals surface area contributed by atoms with Gasteiger partial charge in [-0.25, -0.2) is 0 Å². The number of amides is 2. The van der Waals surface area contributed by atoms with E-state index in [9.17, 15) is 9.59 Å². The lowest BCUT2D eigenvalue weighted by atomic mass is 10.1. The number of anilines is 1. The topological polar surface area (TPSA) is 93.2 Å². The van der Waals surface area contributed by atoms with Gasteiger partial charge in [0.25, 0.3) is 11.8 Å². The molecule has 29 heavy (non-hydrogen) atoms. The fraction of sp³-hybridized carbons (Fsp3) is 0.238. The molecule has 0 saturated carbocycles. The third kappa shape index (κ3) is 5.86. The molecular weight excluding hydrogens is 388 g/mol. The van der Waals surface area contributed by atoms with Gasteiger partial charge in [0.1, 0.15) is 5.75 Å². The second kappa shape index (κ2) is 9.79. The minimum absolute atomic E-state index is 0.0248. The van der Waals surface area contributed by atoms with E-state index >= 15 is 0 Å². The van der Waals surface area contributed by atoms with Crippen LogP contribution in [0, 0.1) is 0 Å². The smallest absolute Gasteiger partial charge is 0.286 e. The molecular formula is C21H22N4O3S. The van der Waals surface area contributed by atoms with Crippen LogP contribution in [0.15, 0.2) is 54.6 Å². The number of aromatic nitrogens is 2. The van der Waals surface area contributed by atoms with Gasteiger partial charge in [0.15, 0.2) is 0 Å². The van der Waals surface area contributed by atoms with Crippen LogP contribution >= 0.6 is 11.3 Å². The van der Waals surface area contributed by atoms with Gasteiger partial charge >= 0.3 is 0 Å². The zero-order valence-corrected chi connectivity index (χ0v) is 17.0. The van der Waals surface area contributed by atoms with E-state index in [1.165, 1.54) is 5.56 Å². The number of hydrogen-bond donors (Lipinski definition) is 2. The van der Waals surface area contributed by atoms with Crippen LogP contribution in [0.2, 0.25) is 0 Å². The zero-order chi connectivity index (χ0) is 20.6. The molecule has 0 aliphatic rings. The van der Waals surface area contributed by atoms with Crippen molar-refractivity contribution in [3.05, 3.63) is 70.2 Å². The Hall–Kier alpha value is -3.26. The summed E-state index contributed by atoms with van der Waals surface area (Å²) in [6, 6.07) is 17.0. The minimum Gasteiger partial charge on any atom is -0.497 e. The Kier molecular flexibility index (Phi) is 6.91. The molecule has 2 aromatic carbocycles. The van der Waals surface area contributed by atoms with E-state index < -0.39 is 5.91 Å². The molecule has 0 aliphatic heterocycles. The summed E-state index contributed by atoms with van der Waals surface area (Å²) < 4.78 is 5.09. The number of rotatable bonds is 8. The summed E-state index contributed by atoms with van der Waals surface area (Å²) in [5, 5.41) is 13.6. The number of carbonyl (C=O) groups is 2. The molecule has 0 spiro atoms. The average Bonchev–Trinajstić information content (AvgIpc) is 3.24. The van der Waals surface area contributed by atoms with E-state index in [-0.39, 0.29) is 22.0 Å². The first-order valence-corrected chi connectivity index (χ1v) is 10.0. The van der Waals surface area contributed by atoms with E-state index in [1.807, 2.05) is 25.1 Å². The number of nitrogens with one attached hydrogen (secondary N) is 2. The van der Waals surface area contributed by atoms with Gasteiger partial charge in [0.2, 0.25) is 10.0 Å². The van der Waals surface area contributed by atoms with Crippen LogP contribution in [0.25, 0.3) is 0 Å². The number of ether oxygens (including phenoxy) is 1. The number of hydrogen-bond acceptors (Lipinski definition) is 6. The molecule has 0 radical (unpaired) electrons. The van der Waals surface area contributed by atoms with Crippen molar-refractivity contribution in [1.29, 1.82) is 0 Å². The first-order valence-electron chi connectivity index (χ1n) is 9.19. The highest BCUT2D eigenvalue weighted by molar-refractivity contribution is 7.15. The zero-order valence-electron chi connectivity index (χ0n) is 16.2. The second-order valence-corrected chi connectivity index (χ2v) is 7.47. The van der Waals surface area contributed by atoms with Crippen molar-refractivity contribution in [2.75, 3.05) is 12.4 Å². The van der Waals surface area contributed by atoms with Gasteiger partial charge < -0.3 is 15.4 Å². The van der Waals surface area contributed by atoms with E-state index in [0.717, 1.165) is 24.2 Å². The van der Waals surface area contributed by atoms with E-state index in [4.69, 9.17) is 4.74 Å². The Morgan fingerprint density at radius 2 is 1.66 bits per heavy atom. The number of aryl methyl sites for hydroxylation is 1. The molecule has 1 aromatic heterocycles. The Bertz CT molecular complexity index is 958. The Balaban J connectivity index is 1.52. The molecule has 7 nitrogen and oxygen atoms in total. The summed E-state index contributed by atoms with van der Waals surface area (Å²) in [6.07, 6.45) is 1.67. The van der Waals surface area contributed by atoms with Crippen LogP contribution in [0.3, 0.4) is 0 Å². The molecule has 0 fully saturated rings. The van der Waals surface area contributed by atoms with Gasteiger partial charge in [-0.3, -0.25) is 9.59 Å². The number of benzene rings is 2. The molecule has 0 unspecified atom stereocenters. The van der Waals surface area contributed by atoms with Crippen molar-refractivity contribution in [3.63, 3.8) is 0 Å². The van der Waals surface area contributed by atoms with Crippen molar-refractivity contribution in [2.24, 2.45) is 0 Å². The Morgan fingerprint density at radius 3 is 2.31 bits per heavy atom. The fourth-order valence-electron chi connectivity index (χ4n) is 2.65. The third-order valence-corrected chi connectivity index (χ3v) is 5.17. The molecule has 1 atom stereocenters. The predicted octanol–water partition coefficient (Wildman–Crippen LogP) is 3.55. The quantitative estimate of drug-likeness (QED) is 0.592. The minimum atomic E-state index is -0.413. The molecule has 1 heterocycles. The largest absolute Gasteiger partial charge is 0.497 e. The maximum absolute atomic E-state index is 12.4. The lowest BCUT2D eigenvalue weighted by Crippen LogP contribution is -2.32. The van der Waals surface area contributed by atoms with Crippen molar-refractivity contribution in [3.8, 4) is 5.75 Å². The lowest BCUT2D eigenvalue weighted by molar-refractivity contribution is 0.0936. The molecule has 2 N–H and O–H groups in total. The monoisotopic (exact) mass is 410 g/mol. The number of methoxy groups -OCH3 is 1. The second-order valence-electron chi connectivity index (χ2n) is 6.49. The summed E-state index contributed by atoms with van der Waals surface area (Å²) in [5.41, 5.74) is 1.83. The summed E-state index contributed by atoms with van der Waals surface area (Å²) >= 11 is 0.961. The first-order chi connectivity index (χ1) is 14.0. The van der Waals surface area contributed by atoms with Crippen LogP contribution in [-0.4, -0.2) is 35.2 Å². The maximum atomic E-state index is 12.4. The standard InChI is InChI=1S/C21H22N4O3S/c1-14(8-9-15-6-4-3-5-7-15)22-18(26)20-24-25-21(29-20)19(27)23-16-10-12-17(28-2)13-11-16/h3-7,10-14H,8-9H2,1-2H3,(H,22,26)(H,23,27)/t14-/m1/s1. The van der Waals surface area contributed by atoms with E-state index in [1.54, 1.807) is 31.4 Å². The summed E-state index contributed by atoms with van der Waals surface area (Å²) in [5.74, 6) is -0.0466. The molecule has 2 amide bonds. The first kappa shape index (κ1) is 20.5. The SMILES string of the molecule is COc1ccc(NC(=O)c2nnc(C(=O)N[C@H](C)CCc3ccccc3)s2)cc1. The van der Waals surface area contributed by atoms with Crippen molar-refractivity contribution in [2.45, 2.75) is 25.8 Å². The molecule has 0 aliphatic carbocycles. The van der Waals surface area contributed by atoms with Crippen molar-refractivity contribution < 1.29 is 14.3 Å². The molecule has 150 valence electrons. The molecule has 3 aromatic rings. The van der Waals surface area contributed by atoms with Crippen molar-refractivity contribution >= 4 is 28.8 Å². The highest BCUT2D eigenvalue weighted by Gasteiger charge is 2.19. The average molecular weight is 410 g/mol. The van der Waals surface area contributed by atoms with Gasteiger partial charge in [0, 0.05) is 11.7 Å². The van der Waals surface area contributed by atoms with Crippen molar-refractivity contribution in [1.82, 2.24) is 15.5 Å². The van der Waals surface area contributed by atoms with Crippen LogP contribution in [0.1, 0.15) is 38.5 Å². The molecule has 8 heteroatoms. The van der Waals surface area contributed by atoms with Crippen LogP contribution in [0.4, 0.5) is 5.69 Å². The highest BCUT2D eigenvalue weighted by atomic mass is 32.1. The Morgan fingerprint density at radius 1 is 1.00 bits per heavy atom. The molecule has 3 rings (SSSR count). The van der Waals surface area contributed by atoms with Gasteiger partial charge in [0.05, 0.1) is 7.11 Å². The summed E-state index contributed by atoms with van der Waals surface area (Å²) in [7, 11) is 1.57. The summed E-state index contributed by atoms with van der Waals surface area (Å²) in [4.78, 5) is 24.7. The van der Waals surface area contributed by atoms with Gasteiger partial charge in [-0.2, -0.15) is 0 Å². The molecule has 0 saturated heterocycles. The lowest BCUT2D eigenvalue weighted by Gasteiger charge is -2.12. The Labute approximate surface area is 173 Å². The van der Waals surface area contributed by atoms with E-state index in [2.05, 4.69) is 33.0 Å². The normalized spacial score (nSPS) is 11.5. The van der Waals surface area contributed by atoms with Gasteiger partial charge in [-0.15, -0.1) is 10.2 Å². The van der Waals surface area contributed by atoms with Gasteiger partial charge in [-0.1, -0.05) is 41.7 Å². The summed E-state index contributed by atoms with van der Waals surface area (Å²) in [6.45, 7) is 1.94. The van der Waals surface area contributed by atoms with Gasteiger partial charge in [-0.05, 0) is 49.6 Å². The maximum Gasteiger partial charge on any atom is 0.286 e. The predicted molar refractivity (Wildman–Crippen MR) is 113 cm³/mol. The van der Waals surface area contributed by atoms with Crippen LogP contribution < -0.4 is 15.4 Å². The van der Waals surface area contributed by atoms with Crippen LogP contribution in [-0.2, 0) is 6.42 Å². The third-order valence-electron chi connectivity index (χ3n) is 4.25. The number of nitrogens with zero attached hydrogens (tertiary/aromatic N) is 2.